The monoisotopic (exact) mass is 337 g/mol. The number of rotatable bonds is 5. The van der Waals surface area contributed by atoms with Gasteiger partial charge in [0.25, 0.3) is 0 Å². The molecule has 0 aromatic heterocycles. The molecule has 0 bridgehead atoms. The van der Waals surface area contributed by atoms with Gasteiger partial charge in [-0.25, -0.2) is 0 Å². The van der Waals surface area contributed by atoms with Gasteiger partial charge in [0.15, 0.2) is 0 Å². The second-order valence-electron chi connectivity index (χ2n) is 4.97. The topological polar surface area (TPSA) is 26.0 Å². The molecule has 2 N–H and O–H groups in total. The summed E-state index contributed by atoms with van der Waals surface area (Å²) in [6.07, 6.45) is -1.56. The summed E-state index contributed by atoms with van der Waals surface area (Å²) < 4.78 is 38.7. The molecular weight excluding hydrogens is 319 g/mol. The van der Waals surface area contributed by atoms with E-state index in [1.807, 2.05) is 0 Å². The zero-order valence-corrected chi connectivity index (χ0v) is 12.7. The molecule has 108 valence electrons. The Morgan fingerprint density at radius 1 is 1.32 bits per heavy atom. The fourth-order valence-corrected chi connectivity index (χ4v) is 2.72. The van der Waals surface area contributed by atoms with Crippen LogP contribution in [0.2, 0.25) is 0 Å². The SMILES string of the molecule is CCCC(C)CC(N)c1cc(C(F)(F)F)ccc1Br. The normalized spacial score (nSPS) is 15.3. The van der Waals surface area contributed by atoms with Crippen LogP contribution >= 0.6 is 15.9 Å². The lowest BCUT2D eigenvalue weighted by molar-refractivity contribution is -0.137. The zero-order valence-electron chi connectivity index (χ0n) is 11.1. The van der Waals surface area contributed by atoms with Crippen LogP contribution in [0, 0.1) is 5.92 Å². The highest BCUT2D eigenvalue weighted by atomic mass is 79.9. The predicted molar refractivity (Wildman–Crippen MR) is 74.8 cm³/mol. The van der Waals surface area contributed by atoms with Crippen LogP contribution in [0.3, 0.4) is 0 Å². The van der Waals surface area contributed by atoms with Gasteiger partial charge in [0.1, 0.15) is 0 Å². The van der Waals surface area contributed by atoms with Crippen LogP contribution in [0.1, 0.15) is 50.3 Å². The second kappa shape index (κ2) is 6.75. The molecule has 1 aromatic carbocycles. The van der Waals surface area contributed by atoms with Gasteiger partial charge >= 0.3 is 6.18 Å². The smallest absolute Gasteiger partial charge is 0.324 e. The Balaban J connectivity index is 2.92. The van der Waals surface area contributed by atoms with Gasteiger partial charge in [0.05, 0.1) is 5.56 Å². The van der Waals surface area contributed by atoms with Crippen molar-refractivity contribution < 1.29 is 13.2 Å². The minimum absolute atomic E-state index is 0.377. The summed E-state index contributed by atoms with van der Waals surface area (Å²) in [7, 11) is 0. The third kappa shape index (κ3) is 4.80. The van der Waals surface area contributed by atoms with Crippen molar-refractivity contribution >= 4 is 15.9 Å². The minimum atomic E-state index is -4.33. The first kappa shape index (κ1) is 16.5. The van der Waals surface area contributed by atoms with E-state index in [0.29, 0.717) is 22.4 Å². The fraction of sp³-hybridized carbons (Fsp3) is 0.571. The number of hydrogen-bond donors (Lipinski definition) is 1. The van der Waals surface area contributed by atoms with Crippen LogP contribution in [-0.4, -0.2) is 0 Å². The van der Waals surface area contributed by atoms with Crippen molar-refractivity contribution in [1.29, 1.82) is 0 Å². The Kier molecular flexibility index (Phi) is 5.86. The molecule has 0 spiro atoms. The van der Waals surface area contributed by atoms with E-state index in [1.165, 1.54) is 6.07 Å². The van der Waals surface area contributed by atoms with Gasteiger partial charge in [0.2, 0.25) is 0 Å². The van der Waals surface area contributed by atoms with E-state index >= 15 is 0 Å². The van der Waals surface area contributed by atoms with Gasteiger partial charge in [0, 0.05) is 10.5 Å². The summed E-state index contributed by atoms with van der Waals surface area (Å²) in [5, 5.41) is 0. The summed E-state index contributed by atoms with van der Waals surface area (Å²) in [5.74, 6) is 0.404. The number of alkyl halides is 3. The number of benzene rings is 1. The maximum absolute atomic E-state index is 12.7. The third-order valence-electron chi connectivity index (χ3n) is 3.16. The molecule has 1 rings (SSSR count). The van der Waals surface area contributed by atoms with Crippen LogP contribution in [0.4, 0.5) is 13.2 Å². The summed E-state index contributed by atoms with van der Waals surface area (Å²) in [6.45, 7) is 4.16. The van der Waals surface area contributed by atoms with Gasteiger partial charge in [-0.3, -0.25) is 0 Å². The van der Waals surface area contributed by atoms with E-state index < -0.39 is 11.7 Å². The first-order valence-corrected chi connectivity index (χ1v) is 7.17. The first-order valence-electron chi connectivity index (χ1n) is 6.38. The Morgan fingerprint density at radius 2 is 1.95 bits per heavy atom. The van der Waals surface area contributed by atoms with Crippen LogP contribution in [-0.2, 0) is 6.18 Å². The van der Waals surface area contributed by atoms with Crippen molar-refractivity contribution in [1.82, 2.24) is 0 Å². The third-order valence-corrected chi connectivity index (χ3v) is 3.88. The molecule has 19 heavy (non-hydrogen) atoms. The number of nitrogens with two attached hydrogens (primary N) is 1. The van der Waals surface area contributed by atoms with E-state index in [0.717, 1.165) is 25.0 Å². The van der Waals surface area contributed by atoms with Gasteiger partial charge in [-0.2, -0.15) is 13.2 Å². The number of hydrogen-bond acceptors (Lipinski definition) is 1. The largest absolute Gasteiger partial charge is 0.416 e. The van der Waals surface area contributed by atoms with E-state index in [-0.39, 0.29) is 6.04 Å². The van der Waals surface area contributed by atoms with E-state index in [9.17, 15) is 13.2 Å². The summed E-state index contributed by atoms with van der Waals surface area (Å²) >= 11 is 3.28. The lowest BCUT2D eigenvalue weighted by Gasteiger charge is -2.19. The molecule has 0 fully saturated rings. The fourth-order valence-electron chi connectivity index (χ4n) is 2.18. The lowest BCUT2D eigenvalue weighted by Crippen LogP contribution is -2.16. The first-order chi connectivity index (χ1) is 8.75. The second-order valence-corrected chi connectivity index (χ2v) is 5.82. The zero-order chi connectivity index (χ0) is 14.6. The quantitative estimate of drug-likeness (QED) is 0.775. The molecule has 0 aliphatic carbocycles. The van der Waals surface area contributed by atoms with Crippen molar-refractivity contribution in [3.8, 4) is 0 Å². The van der Waals surface area contributed by atoms with Crippen LogP contribution in [0.25, 0.3) is 0 Å². The number of halogens is 4. The Bertz CT molecular complexity index is 418. The molecule has 0 saturated carbocycles. The molecule has 0 heterocycles. The van der Waals surface area contributed by atoms with Gasteiger partial charge in [-0.1, -0.05) is 42.6 Å². The molecule has 0 saturated heterocycles. The maximum Gasteiger partial charge on any atom is 0.416 e. The highest BCUT2D eigenvalue weighted by Gasteiger charge is 2.31. The average molecular weight is 338 g/mol. The van der Waals surface area contributed by atoms with Crippen molar-refractivity contribution in [2.45, 2.75) is 45.3 Å². The Hall–Kier alpha value is -0.550. The van der Waals surface area contributed by atoms with Crippen molar-refractivity contribution in [3.05, 3.63) is 33.8 Å². The van der Waals surface area contributed by atoms with Crippen LogP contribution in [0.5, 0.6) is 0 Å². The molecule has 1 aromatic rings. The molecule has 0 aliphatic rings. The predicted octanol–water partition coefficient (Wildman–Crippen LogP) is 5.29. The maximum atomic E-state index is 12.7. The van der Waals surface area contributed by atoms with Gasteiger partial charge < -0.3 is 5.73 Å². The molecule has 2 unspecified atom stereocenters. The summed E-state index contributed by atoms with van der Waals surface area (Å²) in [5.41, 5.74) is 5.92. The van der Waals surface area contributed by atoms with Gasteiger partial charge in [-0.05, 0) is 36.1 Å². The molecule has 0 aliphatic heterocycles. The summed E-state index contributed by atoms with van der Waals surface area (Å²) in [4.78, 5) is 0. The Labute approximate surface area is 120 Å². The van der Waals surface area contributed by atoms with Crippen molar-refractivity contribution in [2.24, 2.45) is 11.7 Å². The molecule has 2 atom stereocenters. The summed E-state index contributed by atoms with van der Waals surface area (Å²) in [6, 6.07) is 3.25. The molecule has 1 nitrogen and oxygen atoms in total. The highest BCUT2D eigenvalue weighted by molar-refractivity contribution is 9.10. The minimum Gasteiger partial charge on any atom is -0.324 e. The van der Waals surface area contributed by atoms with Crippen LogP contribution in [0.15, 0.2) is 22.7 Å². The van der Waals surface area contributed by atoms with Crippen LogP contribution < -0.4 is 5.73 Å². The van der Waals surface area contributed by atoms with Gasteiger partial charge in [-0.15, -0.1) is 0 Å². The van der Waals surface area contributed by atoms with E-state index in [1.54, 1.807) is 0 Å². The standard InChI is InChI=1S/C14H19BrF3N/c1-3-4-9(2)7-13(19)11-8-10(14(16,17)18)5-6-12(11)15/h5-6,8-9,13H,3-4,7,19H2,1-2H3. The molecule has 0 amide bonds. The molecular formula is C14H19BrF3N. The molecule has 0 radical (unpaired) electrons. The average Bonchev–Trinajstić information content (AvgIpc) is 2.27. The molecule has 5 heteroatoms. The highest BCUT2D eigenvalue weighted by Crippen LogP contribution is 2.35. The van der Waals surface area contributed by atoms with E-state index in [2.05, 4.69) is 29.8 Å². The lowest BCUT2D eigenvalue weighted by atomic mass is 9.93. The van der Waals surface area contributed by atoms with Crippen molar-refractivity contribution in [3.63, 3.8) is 0 Å². The van der Waals surface area contributed by atoms with Crippen molar-refractivity contribution in [2.75, 3.05) is 0 Å². The van der Waals surface area contributed by atoms with E-state index in [4.69, 9.17) is 5.73 Å². The Morgan fingerprint density at radius 3 is 2.47 bits per heavy atom.